The Morgan fingerprint density at radius 3 is 1.08 bits per heavy atom. The molecule has 2 aromatic heterocycles. The molecule has 6 heterocycles. The van der Waals surface area contributed by atoms with E-state index in [0.29, 0.717) is 21.4 Å². The van der Waals surface area contributed by atoms with Crippen molar-refractivity contribution in [3.05, 3.63) is 120 Å². The van der Waals surface area contributed by atoms with E-state index in [9.17, 15) is 82.1 Å². The predicted molar refractivity (Wildman–Crippen MR) is 221 cm³/mol. The third kappa shape index (κ3) is 20.5. The van der Waals surface area contributed by atoms with E-state index in [1.54, 1.807) is 95.4 Å². The molecule has 0 unspecified atom stereocenters. The minimum atomic E-state index is -5.46. The zero-order valence-corrected chi connectivity index (χ0v) is 37.9. The van der Waals surface area contributed by atoms with Gasteiger partial charge >= 0.3 is 41.8 Å². The van der Waals surface area contributed by atoms with Gasteiger partial charge in [-0.1, -0.05) is 94.1 Å². The fourth-order valence-electron chi connectivity index (χ4n) is 3.14. The van der Waals surface area contributed by atoms with Crippen LogP contribution in [-0.4, -0.2) is 68.0 Å². The van der Waals surface area contributed by atoms with Crippen molar-refractivity contribution in [1.82, 2.24) is 19.9 Å². The molecule has 33 heteroatoms. The molecule has 1 radical (unpaired) electrons. The molecule has 2 amide bonds. The van der Waals surface area contributed by atoms with Gasteiger partial charge in [-0.25, -0.2) is 9.97 Å². The van der Waals surface area contributed by atoms with Gasteiger partial charge in [-0.05, 0) is 56.1 Å². The van der Waals surface area contributed by atoms with Crippen molar-refractivity contribution in [2.24, 2.45) is 0 Å². The number of thioether (sulfide) groups is 8. The molecular weight excluding hydrogens is 1110 g/mol. The average Bonchev–Trinajstić information content (AvgIpc) is 4.06. The molecule has 4 aliphatic rings. The van der Waals surface area contributed by atoms with E-state index in [1.165, 1.54) is 44.4 Å². The Balaban J connectivity index is 0.000000302. The summed E-state index contributed by atoms with van der Waals surface area (Å²) in [6.07, 6.45) is -14.6. The summed E-state index contributed by atoms with van der Waals surface area (Å²) in [5, 5.41) is 37.0. The van der Waals surface area contributed by atoms with Gasteiger partial charge in [-0.15, -0.1) is 0 Å². The number of aromatic nitrogens is 4. The van der Waals surface area contributed by atoms with Gasteiger partial charge in [-0.3, -0.25) is 29.1 Å². The van der Waals surface area contributed by atoms with E-state index in [1.807, 2.05) is 32.4 Å². The Bertz CT molecular complexity index is 2130. The molecule has 0 aromatic carbocycles. The summed E-state index contributed by atoms with van der Waals surface area (Å²) >= 11 is 12.9. The van der Waals surface area contributed by atoms with E-state index in [4.69, 9.17) is 0 Å². The molecule has 12 nitrogen and oxygen atoms in total. The SMILES string of the molecule is O=C(/C=C(\[O-])C(F)(F)F)C(F)(F)F.O=C(/C=C(\[O-])C(F)(F)F)C(F)(F)F.O=C(Nc1cnccn1)C1=CSC(=C2SC=CS2)S1.O=C(Nc1cnccn1)C1=CSC(=C2SC=CS2)S1.[Cu+2]. The monoisotopic (exact) mass is 1130 g/mol. The number of ketones is 2. The van der Waals surface area contributed by atoms with Crippen molar-refractivity contribution in [3.8, 4) is 0 Å². The molecule has 65 heavy (non-hydrogen) atoms. The van der Waals surface area contributed by atoms with Crippen LogP contribution < -0.4 is 20.8 Å². The second kappa shape index (κ2) is 26.1. The Kier molecular flexibility index (Phi) is 23.1. The Labute approximate surface area is 401 Å². The topological polar surface area (TPSA) is 190 Å². The first-order valence-electron chi connectivity index (χ1n) is 15.6. The number of allylic oxidation sites excluding steroid dienone is 4. The number of nitrogens with one attached hydrogen (secondary N) is 2. The molecule has 2 N–H and O–H groups in total. The number of amides is 2. The largest absolute Gasteiger partial charge is 2.00 e. The number of hydrogen-bond acceptors (Lipinski definition) is 18. The molecule has 4 aliphatic heterocycles. The third-order valence-corrected chi connectivity index (χ3v) is 15.8. The number of anilines is 2. The van der Waals surface area contributed by atoms with Crippen LogP contribution in [0.15, 0.2) is 120 Å². The number of nitrogens with zero attached hydrogens (tertiary/aromatic N) is 4. The normalized spacial score (nSPS) is 16.2. The van der Waals surface area contributed by atoms with Crippen molar-refractivity contribution < 1.29 is 99.1 Å². The second-order valence-corrected chi connectivity index (χ2v) is 19.0. The molecule has 6 rings (SSSR count). The molecule has 0 atom stereocenters. The number of alkyl halides is 12. The van der Waals surface area contributed by atoms with Crippen LogP contribution in [0.4, 0.5) is 64.3 Å². The number of hydrogen-bond donors (Lipinski definition) is 2. The van der Waals surface area contributed by atoms with Crippen molar-refractivity contribution >= 4 is 129 Å². The van der Waals surface area contributed by atoms with Gasteiger partial charge in [0.25, 0.3) is 23.4 Å². The maximum atomic E-state index is 12.0. The van der Waals surface area contributed by atoms with Gasteiger partial charge < -0.3 is 20.8 Å². The van der Waals surface area contributed by atoms with Crippen molar-refractivity contribution in [2.75, 3.05) is 10.6 Å². The van der Waals surface area contributed by atoms with Crippen LogP contribution in [0.2, 0.25) is 0 Å². The molecule has 0 fully saturated rings. The van der Waals surface area contributed by atoms with Crippen LogP contribution >= 0.6 is 94.1 Å². The number of rotatable bonds is 6. The summed E-state index contributed by atoms with van der Waals surface area (Å²) < 4.78 is 140. The van der Waals surface area contributed by atoms with Crippen LogP contribution in [0.25, 0.3) is 0 Å². The fourth-order valence-corrected chi connectivity index (χ4v) is 11.8. The van der Waals surface area contributed by atoms with Crippen molar-refractivity contribution in [2.45, 2.75) is 24.7 Å². The molecule has 2 aromatic rings. The van der Waals surface area contributed by atoms with Gasteiger partial charge in [0.15, 0.2) is 11.6 Å². The summed E-state index contributed by atoms with van der Waals surface area (Å²) in [7, 11) is 0. The van der Waals surface area contributed by atoms with E-state index in [0.717, 1.165) is 8.47 Å². The minimum absolute atomic E-state index is 0. The Hall–Kier alpha value is -3.56. The van der Waals surface area contributed by atoms with Gasteiger partial charge in [0.05, 0.1) is 39.2 Å². The average molecular weight is 1130 g/mol. The molecule has 353 valence electrons. The van der Waals surface area contributed by atoms with E-state index in [-0.39, 0.29) is 28.9 Å². The zero-order valence-electron chi connectivity index (χ0n) is 30.4. The van der Waals surface area contributed by atoms with Gasteiger partial charge in [0, 0.05) is 24.8 Å². The van der Waals surface area contributed by atoms with Gasteiger partial charge in [0.2, 0.25) is 0 Å². The van der Waals surface area contributed by atoms with Gasteiger partial charge in [0.1, 0.15) is 0 Å². The first-order valence-corrected chi connectivity index (χ1v) is 22.5. The molecule has 0 saturated heterocycles. The van der Waals surface area contributed by atoms with E-state index >= 15 is 0 Å². The number of carbonyl (C=O) groups excluding carboxylic acids is 4. The standard InChI is InChI=1S/2C11H7N3OS4.2C5H2F6O2.Cu/c2*15-9(14-8-5-12-1-2-13-8)7-6-18-11(19-7)10-16-3-4-17-10;2*6-4(7,8)2(12)1-3(13)5(9,10)11;/h2*1-6H,(H,13,14,15);2*1,12H;/q;;;;+2/p-2/b;;2*2-1-;. The van der Waals surface area contributed by atoms with Crippen molar-refractivity contribution in [1.29, 1.82) is 0 Å². The first kappa shape index (κ1) is 57.6. The molecule has 0 bridgehead atoms. The van der Waals surface area contributed by atoms with Crippen LogP contribution in [0.1, 0.15) is 0 Å². The minimum Gasteiger partial charge on any atom is -0.869 e. The Morgan fingerprint density at radius 2 is 0.815 bits per heavy atom. The summed E-state index contributed by atoms with van der Waals surface area (Å²) in [6, 6.07) is 0. The third-order valence-electron chi connectivity index (χ3n) is 5.80. The fraction of sp³-hybridized carbons (Fsp3) is 0.125. The maximum Gasteiger partial charge on any atom is 2.00 e. The first-order chi connectivity index (χ1) is 29.8. The van der Waals surface area contributed by atoms with Crippen LogP contribution in [0, 0.1) is 0 Å². The number of carbonyl (C=O) groups is 4. The predicted octanol–water partition coefficient (Wildman–Crippen LogP) is 9.47. The molecular formula is C32H16CuF12N6O6S8. The smallest absolute Gasteiger partial charge is 0.869 e. The Morgan fingerprint density at radius 1 is 0.492 bits per heavy atom. The zero-order chi connectivity index (χ0) is 47.9. The molecule has 0 saturated carbocycles. The number of halogens is 12. The van der Waals surface area contributed by atoms with Crippen molar-refractivity contribution in [3.63, 3.8) is 0 Å². The quantitative estimate of drug-likeness (QED) is 0.120. The van der Waals surface area contributed by atoms with Crippen LogP contribution in [-0.2, 0) is 36.2 Å². The van der Waals surface area contributed by atoms with E-state index in [2.05, 4.69) is 30.6 Å². The second-order valence-electron chi connectivity index (χ2n) is 10.4. The van der Waals surface area contributed by atoms with Gasteiger partial charge in [-0.2, -0.15) is 52.7 Å². The maximum absolute atomic E-state index is 12.0. The summed E-state index contributed by atoms with van der Waals surface area (Å²) in [5.41, 5.74) is 0. The molecule has 0 aliphatic carbocycles. The molecule has 0 spiro atoms. The summed E-state index contributed by atoms with van der Waals surface area (Å²) in [5.74, 6) is -10.7. The van der Waals surface area contributed by atoms with Crippen LogP contribution in [0.5, 0.6) is 0 Å². The van der Waals surface area contributed by atoms with E-state index < -0.39 is 59.9 Å². The summed E-state index contributed by atoms with van der Waals surface area (Å²) in [6.45, 7) is 0. The van der Waals surface area contributed by atoms with Crippen LogP contribution in [0.3, 0.4) is 0 Å². The summed E-state index contributed by atoms with van der Waals surface area (Å²) in [4.78, 5) is 61.0.